The zero-order valence-corrected chi connectivity index (χ0v) is 11.8. The molecule has 0 bridgehead atoms. The zero-order chi connectivity index (χ0) is 13.2. The maximum atomic E-state index is 4.58. The molecule has 3 heteroatoms. The molecule has 0 aliphatic rings. The Labute approximate surface area is 109 Å². The number of rotatable bonds is 5. The van der Waals surface area contributed by atoms with Crippen molar-refractivity contribution in [1.29, 1.82) is 0 Å². The quantitative estimate of drug-likeness (QED) is 0.875. The van der Waals surface area contributed by atoms with E-state index >= 15 is 0 Å². The van der Waals surface area contributed by atoms with Crippen LogP contribution >= 0.6 is 0 Å². The molecule has 0 fully saturated rings. The summed E-state index contributed by atoms with van der Waals surface area (Å²) in [4.78, 5) is 4.58. The van der Waals surface area contributed by atoms with Crippen LogP contribution in [0.25, 0.3) is 5.65 Å². The fourth-order valence-corrected chi connectivity index (χ4v) is 2.41. The Morgan fingerprint density at radius 2 is 2.11 bits per heavy atom. The Balaban J connectivity index is 2.19. The third kappa shape index (κ3) is 2.72. The molecule has 2 heterocycles. The first-order valence-electron chi connectivity index (χ1n) is 6.71. The summed E-state index contributed by atoms with van der Waals surface area (Å²) in [6, 6.07) is 6.13. The van der Waals surface area contributed by atoms with Crippen LogP contribution in [0.5, 0.6) is 0 Å². The molecule has 0 unspecified atom stereocenters. The minimum Gasteiger partial charge on any atom is -0.306 e. The van der Waals surface area contributed by atoms with Gasteiger partial charge in [0.1, 0.15) is 5.65 Å². The Hall–Kier alpha value is -1.35. The second-order valence-corrected chi connectivity index (χ2v) is 5.56. The standard InChI is InChI=1S/C15H23N3/c1-5-9-15(3,4)16-11-13-12(2)17-14-8-6-7-10-18(13)14/h6-8,10,16H,5,9,11H2,1-4H3. The van der Waals surface area contributed by atoms with E-state index in [2.05, 4.69) is 54.7 Å². The zero-order valence-electron chi connectivity index (χ0n) is 11.8. The number of hydrogen-bond acceptors (Lipinski definition) is 2. The number of fused-ring (bicyclic) bond motifs is 1. The molecule has 2 aromatic heterocycles. The molecule has 0 aromatic carbocycles. The lowest BCUT2D eigenvalue weighted by Gasteiger charge is -2.26. The van der Waals surface area contributed by atoms with E-state index in [-0.39, 0.29) is 5.54 Å². The highest BCUT2D eigenvalue weighted by Gasteiger charge is 2.17. The van der Waals surface area contributed by atoms with Gasteiger partial charge < -0.3 is 9.72 Å². The van der Waals surface area contributed by atoms with Crippen molar-refractivity contribution in [1.82, 2.24) is 14.7 Å². The van der Waals surface area contributed by atoms with Gasteiger partial charge in [0.05, 0.1) is 11.4 Å². The SMILES string of the molecule is CCCC(C)(C)NCc1c(C)nc2ccccn12. The largest absolute Gasteiger partial charge is 0.306 e. The minimum absolute atomic E-state index is 0.181. The van der Waals surface area contributed by atoms with E-state index < -0.39 is 0 Å². The molecule has 0 saturated heterocycles. The molecular formula is C15H23N3. The molecule has 0 radical (unpaired) electrons. The van der Waals surface area contributed by atoms with E-state index in [1.165, 1.54) is 18.5 Å². The van der Waals surface area contributed by atoms with Gasteiger partial charge in [-0.25, -0.2) is 4.98 Å². The molecule has 0 aliphatic carbocycles. The normalized spacial score (nSPS) is 12.2. The number of nitrogens with zero attached hydrogens (tertiary/aromatic N) is 2. The Morgan fingerprint density at radius 1 is 1.33 bits per heavy atom. The average Bonchev–Trinajstić information content (AvgIpc) is 2.62. The van der Waals surface area contributed by atoms with Crippen LogP contribution in [-0.2, 0) is 6.54 Å². The summed E-state index contributed by atoms with van der Waals surface area (Å²) in [6.45, 7) is 9.69. The Kier molecular flexibility index (Phi) is 3.71. The summed E-state index contributed by atoms with van der Waals surface area (Å²) in [7, 11) is 0. The molecule has 0 atom stereocenters. The van der Waals surface area contributed by atoms with Gasteiger partial charge in [-0.3, -0.25) is 0 Å². The van der Waals surface area contributed by atoms with Crippen LogP contribution in [-0.4, -0.2) is 14.9 Å². The Morgan fingerprint density at radius 3 is 2.83 bits per heavy atom. The monoisotopic (exact) mass is 245 g/mol. The van der Waals surface area contributed by atoms with E-state index in [0.717, 1.165) is 17.9 Å². The first kappa shape index (κ1) is 13.1. The van der Waals surface area contributed by atoms with Crippen LogP contribution in [0.2, 0.25) is 0 Å². The van der Waals surface area contributed by atoms with Crippen LogP contribution in [0.1, 0.15) is 45.0 Å². The lowest BCUT2D eigenvalue weighted by molar-refractivity contribution is 0.354. The Bertz CT molecular complexity index is 526. The first-order valence-corrected chi connectivity index (χ1v) is 6.71. The van der Waals surface area contributed by atoms with Gasteiger partial charge in [0.15, 0.2) is 0 Å². The summed E-state index contributed by atoms with van der Waals surface area (Å²) in [5.41, 5.74) is 3.58. The summed E-state index contributed by atoms with van der Waals surface area (Å²) in [6.07, 6.45) is 4.47. The number of pyridine rings is 1. The number of aromatic nitrogens is 2. The summed E-state index contributed by atoms with van der Waals surface area (Å²) < 4.78 is 2.17. The van der Waals surface area contributed by atoms with Crippen molar-refractivity contribution < 1.29 is 0 Å². The van der Waals surface area contributed by atoms with Gasteiger partial charge in [-0.2, -0.15) is 0 Å². The van der Waals surface area contributed by atoms with Crippen molar-refractivity contribution >= 4 is 5.65 Å². The van der Waals surface area contributed by atoms with Gasteiger partial charge in [-0.1, -0.05) is 19.4 Å². The molecule has 0 spiro atoms. The molecule has 2 rings (SSSR count). The van der Waals surface area contributed by atoms with E-state index in [4.69, 9.17) is 0 Å². The van der Waals surface area contributed by atoms with Crippen molar-refractivity contribution in [2.75, 3.05) is 0 Å². The summed E-state index contributed by atoms with van der Waals surface area (Å²) in [5, 5.41) is 3.63. The van der Waals surface area contributed by atoms with Crippen LogP contribution in [0.3, 0.4) is 0 Å². The topological polar surface area (TPSA) is 29.3 Å². The lowest BCUT2D eigenvalue weighted by atomic mass is 9.99. The van der Waals surface area contributed by atoms with Gasteiger partial charge in [0.25, 0.3) is 0 Å². The highest BCUT2D eigenvalue weighted by Crippen LogP contribution is 2.15. The maximum Gasteiger partial charge on any atom is 0.137 e. The predicted molar refractivity (Wildman–Crippen MR) is 75.8 cm³/mol. The average molecular weight is 245 g/mol. The number of imidazole rings is 1. The third-order valence-corrected chi connectivity index (χ3v) is 3.44. The van der Waals surface area contributed by atoms with Crippen molar-refractivity contribution in [3.05, 3.63) is 35.8 Å². The second kappa shape index (κ2) is 5.11. The molecular weight excluding hydrogens is 222 g/mol. The lowest BCUT2D eigenvalue weighted by Crippen LogP contribution is -2.38. The molecule has 0 saturated carbocycles. The van der Waals surface area contributed by atoms with Crippen LogP contribution in [0, 0.1) is 6.92 Å². The molecule has 98 valence electrons. The van der Waals surface area contributed by atoms with Gasteiger partial charge >= 0.3 is 0 Å². The maximum absolute atomic E-state index is 4.58. The van der Waals surface area contributed by atoms with Crippen molar-refractivity contribution in [2.45, 2.75) is 52.6 Å². The van der Waals surface area contributed by atoms with Crippen molar-refractivity contribution in [3.8, 4) is 0 Å². The van der Waals surface area contributed by atoms with Gasteiger partial charge in [-0.15, -0.1) is 0 Å². The van der Waals surface area contributed by atoms with E-state index in [9.17, 15) is 0 Å². The first-order chi connectivity index (χ1) is 8.53. The highest BCUT2D eigenvalue weighted by molar-refractivity contribution is 5.42. The van der Waals surface area contributed by atoms with Crippen LogP contribution < -0.4 is 5.32 Å². The third-order valence-electron chi connectivity index (χ3n) is 3.44. The van der Waals surface area contributed by atoms with Crippen molar-refractivity contribution in [3.63, 3.8) is 0 Å². The van der Waals surface area contributed by atoms with E-state index in [1.807, 2.05) is 12.1 Å². The fraction of sp³-hybridized carbons (Fsp3) is 0.533. The minimum atomic E-state index is 0.181. The van der Waals surface area contributed by atoms with Crippen LogP contribution in [0.15, 0.2) is 24.4 Å². The second-order valence-electron chi connectivity index (χ2n) is 5.56. The number of aryl methyl sites for hydroxylation is 1. The van der Waals surface area contributed by atoms with Gasteiger partial charge in [0.2, 0.25) is 0 Å². The number of nitrogens with one attached hydrogen (secondary N) is 1. The molecule has 1 N–H and O–H groups in total. The van der Waals surface area contributed by atoms with Gasteiger partial charge in [0, 0.05) is 18.3 Å². The van der Waals surface area contributed by atoms with E-state index in [0.29, 0.717) is 0 Å². The molecule has 18 heavy (non-hydrogen) atoms. The van der Waals surface area contributed by atoms with Gasteiger partial charge in [-0.05, 0) is 39.3 Å². The van der Waals surface area contributed by atoms with Crippen LogP contribution in [0.4, 0.5) is 0 Å². The fourth-order valence-electron chi connectivity index (χ4n) is 2.41. The predicted octanol–water partition coefficient (Wildman–Crippen LogP) is 3.31. The summed E-state index contributed by atoms with van der Waals surface area (Å²) >= 11 is 0. The highest BCUT2D eigenvalue weighted by atomic mass is 15.1. The molecule has 3 nitrogen and oxygen atoms in total. The smallest absolute Gasteiger partial charge is 0.137 e. The summed E-state index contributed by atoms with van der Waals surface area (Å²) in [5.74, 6) is 0. The van der Waals surface area contributed by atoms with Crippen molar-refractivity contribution in [2.24, 2.45) is 0 Å². The molecule has 0 amide bonds. The molecule has 2 aromatic rings. The number of hydrogen-bond donors (Lipinski definition) is 1. The van der Waals surface area contributed by atoms with E-state index in [1.54, 1.807) is 0 Å². The molecule has 0 aliphatic heterocycles.